The molecule has 0 unspecified atom stereocenters. The van der Waals surface area contributed by atoms with Gasteiger partial charge in [-0.2, -0.15) is 14.8 Å². The molecular weight excluding hydrogens is 418 g/mol. The van der Waals surface area contributed by atoms with Crippen molar-refractivity contribution in [2.75, 3.05) is 6.67 Å². The molecule has 4 aromatic rings. The van der Waals surface area contributed by atoms with E-state index < -0.39 is 6.17 Å². The second kappa shape index (κ2) is 7.84. The molecule has 0 saturated heterocycles. The van der Waals surface area contributed by atoms with Crippen LogP contribution in [0.4, 0.5) is 0 Å². The summed E-state index contributed by atoms with van der Waals surface area (Å²) in [6.45, 7) is 4.46. The molecule has 4 heterocycles. The van der Waals surface area contributed by atoms with Crippen LogP contribution in [-0.4, -0.2) is 56.4 Å². The summed E-state index contributed by atoms with van der Waals surface area (Å²) in [4.78, 5) is 30.7. The van der Waals surface area contributed by atoms with Crippen LogP contribution in [0.2, 0.25) is 0 Å². The Morgan fingerprint density at radius 3 is 2.62 bits per heavy atom. The number of aromatic nitrogens is 9. The molecule has 1 aromatic carbocycles. The van der Waals surface area contributed by atoms with Gasteiger partial charge in [0.15, 0.2) is 0 Å². The van der Waals surface area contributed by atoms with E-state index in [4.69, 9.17) is 0 Å². The maximum Gasteiger partial charge on any atom is 0.279 e. The maximum atomic E-state index is 13.2. The van der Waals surface area contributed by atoms with Gasteiger partial charge in [-0.25, -0.2) is 15.2 Å². The van der Waals surface area contributed by atoms with Crippen molar-refractivity contribution in [3.63, 3.8) is 0 Å². The summed E-state index contributed by atoms with van der Waals surface area (Å²) in [6.07, 6.45) is 3.19. The second-order valence-electron chi connectivity index (χ2n) is 7.36. The summed E-state index contributed by atoms with van der Waals surface area (Å²) in [6, 6.07) is 2.94. The molecule has 0 aliphatic carbocycles. The van der Waals surface area contributed by atoms with E-state index in [-0.39, 0.29) is 23.8 Å². The van der Waals surface area contributed by atoms with Crippen molar-refractivity contribution in [3.8, 4) is 0 Å². The highest BCUT2D eigenvalue weighted by Crippen LogP contribution is 2.18. The van der Waals surface area contributed by atoms with Crippen molar-refractivity contribution in [3.05, 3.63) is 45.5 Å². The fraction of sp³-hybridized carbons (Fsp3) is 0.412. The highest BCUT2D eigenvalue weighted by Gasteiger charge is 2.22. The summed E-state index contributed by atoms with van der Waals surface area (Å²) >= 11 is 0. The van der Waals surface area contributed by atoms with Crippen molar-refractivity contribution < 1.29 is 0 Å². The van der Waals surface area contributed by atoms with Crippen LogP contribution in [0.1, 0.15) is 32.5 Å². The third-order valence-electron chi connectivity index (χ3n) is 5.51. The van der Waals surface area contributed by atoms with Crippen LogP contribution in [0.3, 0.4) is 0 Å². The van der Waals surface area contributed by atoms with E-state index in [2.05, 4.69) is 46.7 Å². The topological polar surface area (TPSA) is 166 Å². The third kappa shape index (κ3) is 3.27. The van der Waals surface area contributed by atoms with E-state index >= 15 is 0 Å². The van der Waals surface area contributed by atoms with Gasteiger partial charge in [0.25, 0.3) is 11.1 Å². The second-order valence-corrected chi connectivity index (χ2v) is 7.36. The predicted octanol–water partition coefficient (Wildman–Crippen LogP) is -0.197. The molecule has 3 aromatic heterocycles. The lowest BCUT2D eigenvalue weighted by Crippen LogP contribution is -2.41. The first-order valence-electron chi connectivity index (χ1n) is 9.96. The average Bonchev–Trinajstić information content (AvgIpc) is 3.52. The van der Waals surface area contributed by atoms with Crippen molar-refractivity contribution in [2.24, 2.45) is 10.3 Å². The zero-order valence-electron chi connectivity index (χ0n) is 17.3. The van der Waals surface area contributed by atoms with Gasteiger partial charge in [0.1, 0.15) is 24.7 Å². The Hall–Kier alpha value is -4.14. The van der Waals surface area contributed by atoms with Gasteiger partial charge in [0.05, 0.1) is 35.2 Å². The molecule has 5 rings (SSSR count). The van der Waals surface area contributed by atoms with E-state index in [9.17, 15) is 9.59 Å². The summed E-state index contributed by atoms with van der Waals surface area (Å²) in [5.74, 6) is 0. The molecule has 1 aliphatic rings. The number of hydrogen-bond acceptors (Lipinski definition) is 12. The van der Waals surface area contributed by atoms with Crippen molar-refractivity contribution >= 4 is 21.8 Å². The highest BCUT2D eigenvalue weighted by atomic mass is 16.1. The Balaban J connectivity index is 1.57. The summed E-state index contributed by atoms with van der Waals surface area (Å²) in [5, 5.41) is 29.2. The SMILES string of the molecule is CC[C@H](Cn1cnnn1)n1cnc2cc3c(=O)n([C@H](C)N4CN=NN4)nnc3cc2c1=O. The quantitative estimate of drug-likeness (QED) is 0.399. The van der Waals surface area contributed by atoms with Crippen LogP contribution >= 0.6 is 0 Å². The van der Waals surface area contributed by atoms with E-state index in [0.717, 1.165) is 0 Å². The zero-order chi connectivity index (χ0) is 22.2. The fourth-order valence-electron chi connectivity index (χ4n) is 3.64. The molecular formula is C17H19N13O2. The van der Waals surface area contributed by atoms with Crippen molar-refractivity contribution in [1.82, 2.24) is 55.3 Å². The number of hydrazine groups is 1. The number of nitrogens with one attached hydrogen (secondary N) is 1. The van der Waals surface area contributed by atoms with Crippen molar-refractivity contribution in [1.29, 1.82) is 0 Å². The molecule has 164 valence electrons. The Morgan fingerprint density at radius 2 is 1.91 bits per heavy atom. The lowest BCUT2D eigenvalue weighted by Gasteiger charge is -2.21. The molecule has 0 bridgehead atoms. The van der Waals surface area contributed by atoms with Crippen LogP contribution < -0.4 is 16.7 Å². The first-order chi connectivity index (χ1) is 15.6. The Morgan fingerprint density at radius 1 is 1.09 bits per heavy atom. The molecule has 15 heteroatoms. The van der Waals surface area contributed by atoms with Gasteiger partial charge in [-0.1, -0.05) is 17.4 Å². The van der Waals surface area contributed by atoms with Gasteiger partial charge >= 0.3 is 0 Å². The lowest BCUT2D eigenvalue weighted by molar-refractivity contribution is 0.105. The fourth-order valence-corrected chi connectivity index (χ4v) is 3.64. The normalized spacial score (nSPS) is 15.9. The maximum absolute atomic E-state index is 13.2. The largest absolute Gasteiger partial charge is 0.294 e. The summed E-state index contributed by atoms with van der Waals surface area (Å²) in [5.41, 5.74) is 2.84. The van der Waals surface area contributed by atoms with E-state index in [1.807, 2.05) is 6.92 Å². The van der Waals surface area contributed by atoms with Crippen LogP contribution in [0.15, 0.2) is 44.7 Å². The molecule has 2 atom stereocenters. The smallest absolute Gasteiger partial charge is 0.279 e. The number of tetrazole rings is 1. The van der Waals surface area contributed by atoms with Crippen molar-refractivity contribution in [2.45, 2.75) is 39.0 Å². The Labute approximate surface area is 179 Å². The minimum atomic E-state index is -0.470. The van der Waals surface area contributed by atoms with Crippen LogP contribution in [-0.2, 0) is 6.54 Å². The Kier molecular flexibility index (Phi) is 4.85. The summed E-state index contributed by atoms with van der Waals surface area (Å²) < 4.78 is 4.35. The Bertz CT molecular complexity index is 1420. The van der Waals surface area contributed by atoms with Gasteiger partial charge in [-0.3, -0.25) is 14.2 Å². The van der Waals surface area contributed by atoms with Crippen LogP contribution in [0.5, 0.6) is 0 Å². The molecule has 32 heavy (non-hydrogen) atoms. The first kappa shape index (κ1) is 19.8. The molecule has 0 spiro atoms. The van der Waals surface area contributed by atoms with E-state index in [1.165, 1.54) is 17.3 Å². The third-order valence-corrected chi connectivity index (χ3v) is 5.51. The molecule has 15 nitrogen and oxygen atoms in total. The highest BCUT2D eigenvalue weighted by molar-refractivity contribution is 5.93. The summed E-state index contributed by atoms with van der Waals surface area (Å²) in [7, 11) is 0. The van der Waals surface area contributed by atoms with Gasteiger partial charge in [-0.05, 0) is 35.9 Å². The monoisotopic (exact) mass is 437 g/mol. The van der Waals surface area contributed by atoms with Crippen LogP contribution in [0, 0.1) is 0 Å². The molecule has 0 saturated carbocycles. The number of fused-ring (bicyclic) bond motifs is 2. The van der Waals surface area contributed by atoms with Gasteiger partial charge in [0, 0.05) is 0 Å². The van der Waals surface area contributed by atoms with Crippen LogP contribution in [0.25, 0.3) is 21.8 Å². The van der Waals surface area contributed by atoms with Gasteiger partial charge < -0.3 is 0 Å². The minimum Gasteiger partial charge on any atom is -0.294 e. The molecule has 0 radical (unpaired) electrons. The zero-order valence-corrected chi connectivity index (χ0v) is 17.3. The molecule has 1 N–H and O–H groups in total. The first-order valence-corrected chi connectivity index (χ1v) is 9.96. The molecule has 0 amide bonds. The lowest BCUT2D eigenvalue weighted by atomic mass is 10.1. The molecule has 1 aliphatic heterocycles. The number of rotatable bonds is 6. The van der Waals surface area contributed by atoms with Gasteiger partial charge in [0.2, 0.25) is 0 Å². The molecule has 0 fully saturated rings. The number of hydrogen-bond donors (Lipinski definition) is 1. The number of benzene rings is 1. The predicted molar refractivity (Wildman–Crippen MR) is 110 cm³/mol. The standard InChI is InChI=1S/C17H19N13O2/c1-3-11(6-27-8-19-22-25-27)28-7-18-14-4-13-15(5-12(14)16(28)31)21-24-30(17(13)32)10(2)29-9-20-23-26-29/h4-5,7-8,10-11H,3,6,9H2,1-2H3,(H,20,26)/t10-,11-/m1/s1. The van der Waals surface area contributed by atoms with Gasteiger partial charge in [-0.15, -0.1) is 10.2 Å². The van der Waals surface area contributed by atoms with E-state index in [0.29, 0.717) is 34.8 Å². The minimum absolute atomic E-state index is 0.192. The van der Waals surface area contributed by atoms with E-state index in [1.54, 1.807) is 33.3 Å². The number of nitrogens with zero attached hydrogens (tertiary/aromatic N) is 12. The average molecular weight is 437 g/mol.